The van der Waals surface area contributed by atoms with Crippen LogP contribution in [0.1, 0.15) is 91.0 Å². The highest BCUT2D eigenvalue weighted by atomic mass is 32.2. The van der Waals surface area contributed by atoms with Gasteiger partial charge in [-0.15, -0.1) is 0 Å². The van der Waals surface area contributed by atoms with Crippen molar-refractivity contribution in [2.24, 2.45) is 29.0 Å². The maximum Gasteiger partial charge on any atom is 0.246 e. The molecule has 23 nitrogen and oxygen atoms in total. The van der Waals surface area contributed by atoms with Crippen molar-refractivity contribution in [3.05, 3.63) is 29.8 Å². The summed E-state index contributed by atoms with van der Waals surface area (Å²) in [6.45, 7) is 6.75. The fraction of sp³-hybridized carbons (Fsp3) is 0.622. The summed E-state index contributed by atoms with van der Waals surface area (Å²) >= 11 is 1.18. The van der Waals surface area contributed by atoms with E-state index in [-0.39, 0.29) is 62.5 Å². The number of nitrogens with zero attached hydrogens (tertiary/aromatic N) is 1. The zero-order chi connectivity index (χ0) is 51.4. The maximum absolute atomic E-state index is 14.5. The first kappa shape index (κ1) is 56.9. The van der Waals surface area contributed by atoms with E-state index < -0.39 is 133 Å². The number of carbonyl (C=O) groups is 11. The predicted molar refractivity (Wildman–Crippen MR) is 253 cm³/mol. The fourth-order valence-corrected chi connectivity index (χ4v) is 8.66. The van der Waals surface area contributed by atoms with Crippen molar-refractivity contribution in [1.29, 1.82) is 0 Å². The number of rotatable bonds is 18. The lowest BCUT2D eigenvalue weighted by Gasteiger charge is -2.31. The normalized spacial score (nSPS) is 23.2. The molecule has 0 aromatic heterocycles. The van der Waals surface area contributed by atoms with Crippen molar-refractivity contribution < 1.29 is 57.5 Å². The zero-order valence-corrected chi connectivity index (χ0v) is 40.7. The lowest BCUT2D eigenvalue weighted by Crippen LogP contribution is -2.61. The second-order valence-corrected chi connectivity index (χ2v) is 18.8. The number of ether oxygens (including phenoxy) is 1. The van der Waals surface area contributed by atoms with E-state index in [1.165, 1.54) is 23.8 Å². The minimum absolute atomic E-state index is 0.0237. The molecule has 69 heavy (non-hydrogen) atoms. The third-order valence-corrected chi connectivity index (χ3v) is 12.7. The second-order valence-electron chi connectivity index (χ2n) is 17.6. The summed E-state index contributed by atoms with van der Waals surface area (Å²) in [4.78, 5) is 148. The first-order valence-corrected chi connectivity index (χ1v) is 24.2. The average Bonchev–Trinajstić information content (AvgIpc) is 3.79. The number of hydrogen-bond donors (Lipinski definition) is 10. The molecule has 0 bridgehead atoms. The molecule has 0 aliphatic carbocycles. The number of nitrogens with one attached hydrogen (secondary N) is 7. The van der Waals surface area contributed by atoms with Crippen LogP contribution in [0.25, 0.3) is 0 Å². The molecule has 2 saturated heterocycles. The minimum atomic E-state index is -1.71. The van der Waals surface area contributed by atoms with Gasteiger partial charge >= 0.3 is 0 Å². The van der Waals surface area contributed by atoms with E-state index in [1.54, 1.807) is 38.1 Å². The van der Waals surface area contributed by atoms with E-state index in [2.05, 4.69) is 37.2 Å². The number of hydrogen-bond acceptors (Lipinski definition) is 13. The molecule has 3 rings (SSSR count). The SMILES string of the molecule is CCC(C)[C@@H]1NC(=O)C(Cc2ccc(OC)cc2)NC(=O)CCCSC[C@@H](C(=O)N2CCC[C@H]2C(=O)N[C@@H](CC(C)C)C(=O)NCC(N)=O)NC(=O)[C@H](CC(N)=O)NC(=O)[C@H](CCC(N)=O)NC1=O. The van der Waals surface area contributed by atoms with Crippen LogP contribution >= 0.6 is 11.8 Å². The third kappa shape index (κ3) is 18.9. The molecule has 1 aromatic carbocycles. The van der Waals surface area contributed by atoms with Crippen LogP contribution in [-0.4, -0.2) is 144 Å². The number of nitrogens with two attached hydrogens (primary N) is 3. The van der Waals surface area contributed by atoms with Crippen LogP contribution in [0.4, 0.5) is 0 Å². The Morgan fingerprint density at radius 3 is 2.07 bits per heavy atom. The van der Waals surface area contributed by atoms with E-state index in [9.17, 15) is 52.7 Å². The average molecular weight is 988 g/mol. The van der Waals surface area contributed by atoms with Crippen molar-refractivity contribution in [3.63, 3.8) is 0 Å². The zero-order valence-electron chi connectivity index (χ0n) is 39.9. The Morgan fingerprint density at radius 2 is 1.46 bits per heavy atom. The van der Waals surface area contributed by atoms with Crippen molar-refractivity contribution in [2.75, 3.05) is 31.7 Å². The van der Waals surface area contributed by atoms with Gasteiger partial charge in [0, 0.05) is 31.6 Å². The number of thioether (sulfide) groups is 1. The van der Waals surface area contributed by atoms with Gasteiger partial charge in [0.2, 0.25) is 65.0 Å². The first-order valence-electron chi connectivity index (χ1n) is 23.1. The second kappa shape index (κ2) is 28.1. The molecule has 2 aliphatic rings. The summed E-state index contributed by atoms with van der Waals surface area (Å²) in [5, 5.41) is 18.2. The summed E-state index contributed by atoms with van der Waals surface area (Å²) < 4.78 is 5.25. The summed E-state index contributed by atoms with van der Waals surface area (Å²) in [7, 11) is 1.50. The van der Waals surface area contributed by atoms with Crippen molar-refractivity contribution >= 4 is 76.7 Å². The molecule has 2 fully saturated rings. The molecule has 11 amide bonds. The number of benzene rings is 1. The quantitative estimate of drug-likeness (QED) is 0.0728. The molecule has 0 saturated carbocycles. The summed E-state index contributed by atoms with van der Waals surface area (Å²) in [6.07, 6.45) is -0.176. The van der Waals surface area contributed by atoms with Crippen LogP contribution in [0.15, 0.2) is 24.3 Å². The van der Waals surface area contributed by atoms with E-state index in [0.29, 0.717) is 24.2 Å². The Bertz CT molecular complexity index is 2020. The number of carbonyl (C=O) groups excluding carboxylic acids is 11. The van der Waals surface area contributed by atoms with Gasteiger partial charge in [-0.25, -0.2) is 0 Å². The van der Waals surface area contributed by atoms with Gasteiger partial charge in [-0.3, -0.25) is 52.7 Å². The molecule has 13 N–H and O–H groups in total. The summed E-state index contributed by atoms with van der Waals surface area (Å²) in [6, 6.07) is -2.40. The first-order chi connectivity index (χ1) is 32.6. The van der Waals surface area contributed by atoms with E-state index in [1.807, 2.05) is 13.8 Å². The van der Waals surface area contributed by atoms with Gasteiger partial charge in [-0.1, -0.05) is 46.2 Å². The Balaban J connectivity index is 2.02. The van der Waals surface area contributed by atoms with Crippen LogP contribution in [0, 0.1) is 11.8 Å². The van der Waals surface area contributed by atoms with Gasteiger partial charge in [0.1, 0.15) is 48.0 Å². The molecule has 2 aliphatic heterocycles. The number of likely N-dealkylation sites (tertiary alicyclic amines) is 1. The molecule has 0 spiro atoms. The highest BCUT2D eigenvalue weighted by Crippen LogP contribution is 2.22. The fourth-order valence-electron chi connectivity index (χ4n) is 7.68. The van der Waals surface area contributed by atoms with Crippen molar-refractivity contribution in [1.82, 2.24) is 42.1 Å². The molecule has 2 heterocycles. The van der Waals surface area contributed by atoms with Gasteiger partial charge in [0.15, 0.2) is 0 Å². The lowest BCUT2D eigenvalue weighted by atomic mass is 9.96. The molecule has 382 valence electrons. The van der Waals surface area contributed by atoms with Crippen LogP contribution in [0.3, 0.4) is 0 Å². The molecule has 0 radical (unpaired) electrons. The van der Waals surface area contributed by atoms with Crippen LogP contribution in [-0.2, 0) is 59.2 Å². The Kier molecular flexibility index (Phi) is 23.2. The van der Waals surface area contributed by atoms with E-state index in [0.717, 1.165) is 0 Å². The lowest BCUT2D eigenvalue weighted by molar-refractivity contribution is -0.142. The minimum Gasteiger partial charge on any atom is -0.497 e. The molecular formula is C45H69N11O12S. The van der Waals surface area contributed by atoms with Crippen molar-refractivity contribution in [2.45, 2.75) is 134 Å². The monoisotopic (exact) mass is 987 g/mol. The largest absolute Gasteiger partial charge is 0.497 e. The van der Waals surface area contributed by atoms with Gasteiger partial charge in [0.05, 0.1) is 20.1 Å². The standard InChI is InChI=1S/C45H69N11O12S/c1-6-25(4)38-44(66)51-28(15-16-34(46)57)40(62)52-31(21-35(47)58)41(63)54-32(23-69-18-8-10-37(60)50-30(42(64)55-38)20-26-11-13-27(68-5)14-12-26)45(67)56-17-7-9-33(56)43(65)53-29(19-24(2)3)39(61)49-22-36(48)59/h11-14,24-25,28-33,38H,6-10,15-23H2,1-5H3,(H2,46,57)(H2,47,58)(H2,48,59)(H,49,61)(H,50,60)(H,51,66)(H,52,62)(H,53,65)(H,54,63)(H,55,64)/t25?,28-,29-,30?,31-,32-,33-,38-/m0/s1. The van der Waals surface area contributed by atoms with Gasteiger partial charge in [0.25, 0.3) is 0 Å². The number of methoxy groups -OCH3 is 1. The number of primary amides is 3. The Labute approximate surface area is 405 Å². The smallest absolute Gasteiger partial charge is 0.246 e. The predicted octanol–water partition coefficient (Wildman–Crippen LogP) is -2.50. The van der Waals surface area contributed by atoms with E-state index >= 15 is 0 Å². The van der Waals surface area contributed by atoms with Gasteiger partial charge in [-0.2, -0.15) is 11.8 Å². The van der Waals surface area contributed by atoms with Crippen LogP contribution in [0.2, 0.25) is 0 Å². The maximum atomic E-state index is 14.5. The molecule has 1 aromatic rings. The molecule has 8 atom stereocenters. The van der Waals surface area contributed by atoms with Gasteiger partial charge < -0.3 is 64.1 Å². The Morgan fingerprint density at radius 1 is 0.812 bits per heavy atom. The van der Waals surface area contributed by atoms with E-state index in [4.69, 9.17) is 21.9 Å². The molecule has 2 unspecified atom stereocenters. The van der Waals surface area contributed by atoms with Gasteiger partial charge in [-0.05, 0) is 67.4 Å². The van der Waals surface area contributed by atoms with Crippen LogP contribution in [0.5, 0.6) is 5.75 Å². The summed E-state index contributed by atoms with van der Waals surface area (Å²) in [5.41, 5.74) is 16.8. The molecular weight excluding hydrogens is 919 g/mol. The third-order valence-electron chi connectivity index (χ3n) is 11.6. The van der Waals surface area contributed by atoms with Crippen molar-refractivity contribution in [3.8, 4) is 5.75 Å². The molecule has 24 heteroatoms. The highest BCUT2D eigenvalue weighted by molar-refractivity contribution is 7.99. The topological polar surface area (TPSA) is 363 Å². The summed E-state index contributed by atoms with van der Waals surface area (Å²) in [5.74, 6) is -8.59. The van der Waals surface area contributed by atoms with Crippen LogP contribution < -0.4 is 59.2 Å². The number of amides is 11. The Hall–Kier alpha value is -6.46. The highest BCUT2D eigenvalue weighted by Gasteiger charge is 2.40.